The third-order valence-corrected chi connectivity index (χ3v) is 8.84. The maximum Gasteiger partial charge on any atom is 0.324 e. The van der Waals surface area contributed by atoms with E-state index in [0.29, 0.717) is 18.5 Å². The van der Waals surface area contributed by atoms with Crippen molar-refractivity contribution < 1.29 is 19.2 Å². The summed E-state index contributed by atoms with van der Waals surface area (Å²) in [6.45, 7) is 3.96. The highest BCUT2D eigenvalue weighted by atomic mass is 16.2. The summed E-state index contributed by atoms with van der Waals surface area (Å²) in [4.78, 5) is 55.1. The Morgan fingerprint density at radius 2 is 1.71 bits per heavy atom. The minimum Gasteiger partial charge on any atom is -0.326 e. The van der Waals surface area contributed by atoms with E-state index < -0.39 is 11.0 Å². The second-order valence-electron chi connectivity index (χ2n) is 11.4. The quantitative estimate of drug-likeness (QED) is 0.562. The Hall–Kier alpha value is -3.68. The average molecular weight is 517 g/mol. The van der Waals surface area contributed by atoms with Crippen LogP contribution in [0.15, 0.2) is 48.5 Å². The first-order chi connectivity index (χ1) is 18.1. The van der Waals surface area contributed by atoms with Crippen molar-refractivity contribution in [1.29, 1.82) is 0 Å². The molecule has 8 heteroatoms. The standard InChI is InChI=1S/C30H36N4O4/c1-20(21-10-6-4-7-11-21)34(27(37)29(2)14-8-5-9-15-29)19-25(35)31-24-13-12-22-17-30(18-23(22)16-24)26(36)32-28(38)33(30)3/h4,6-7,10-13,16,20H,5,8-9,14-15,17-19H2,1-3H3,(H,31,35)(H,32,36,38)/t20-,30+/m1/s1. The minimum atomic E-state index is -0.911. The summed E-state index contributed by atoms with van der Waals surface area (Å²) >= 11 is 0. The molecule has 2 fully saturated rings. The maximum atomic E-state index is 13.9. The highest BCUT2D eigenvalue weighted by molar-refractivity contribution is 6.07. The lowest BCUT2D eigenvalue weighted by Gasteiger charge is -2.39. The van der Waals surface area contributed by atoms with Crippen molar-refractivity contribution >= 4 is 29.4 Å². The van der Waals surface area contributed by atoms with Crippen LogP contribution in [-0.4, -0.2) is 52.7 Å². The Balaban J connectivity index is 1.33. The monoisotopic (exact) mass is 516 g/mol. The van der Waals surface area contributed by atoms with Gasteiger partial charge < -0.3 is 15.1 Å². The van der Waals surface area contributed by atoms with Gasteiger partial charge in [-0.3, -0.25) is 19.7 Å². The van der Waals surface area contributed by atoms with Crippen molar-refractivity contribution in [1.82, 2.24) is 15.1 Å². The fourth-order valence-electron chi connectivity index (χ4n) is 6.32. The molecule has 1 heterocycles. The summed E-state index contributed by atoms with van der Waals surface area (Å²) in [5, 5.41) is 5.38. The summed E-state index contributed by atoms with van der Waals surface area (Å²) in [6.07, 6.45) is 5.71. The number of anilines is 1. The van der Waals surface area contributed by atoms with E-state index >= 15 is 0 Å². The van der Waals surface area contributed by atoms with E-state index in [1.807, 2.05) is 62.4 Å². The molecule has 0 radical (unpaired) electrons. The molecule has 2 aliphatic carbocycles. The van der Waals surface area contributed by atoms with E-state index in [1.54, 1.807) is 11.9 Å². The Labute approximate surface area is 223 Å². The van der Waals surface area contributed by atoms with E-state index in [2.05, 4.69) is 10.6 Å². The van der Waals surface area contributed by atoms with Crippen LogP contribution in [0.3, 0.4) is 0 Å². The molecule has 1 aliphatic heterocycles. The van der Waals surface area contributed by atoms with Gasteiger partial charge in [0.2, 0.25) is 11.8 Å². The van der Waals surface area contributed by atoms with Gasteiger partial charge in [-0.2, -0.15) is 0 Å². The van der Waals surface area contributed by atoms with Gasteiger partial charge >= 0.3 is 6.03 Å². The van der Waals surface area contributed by atoms with Gasteiger partial charge in [-0.25, -0.2) is 4.79 Å². The van der Waals surface area contributed by atoms with Crippen LogP contribution < -0.4 is 10.6 Å². The number of imide groups is 1. The van der Waals surface area contributed by atoms with Gasteiger partial charge in [-0.1, -0.05) is 62.6 Å². The molecular formula is C30H36N4O4. The van der Waals surface area contributed by atoms with Crippen molar-refractivity contribution in [2.75, 3.05) is 18.9 Å². The van der Waals surface area contributed by atoms with Gasteiger partial charge in [0.25, 0.3) is 5.91 Å². The van der Waals surface area contributed by atoms with E-state index in [0.717, 1.165) is 48.8 Å². The van der Waals surface area contributed by atoms with Crippen molar-refractivity contribution in [2.24, 2.45) is 5.41 Å². The third-order valence-electron chi connectivity index (χ3n) is 8.84. The molecule has 1 spiro atoms. The summed E-state index contributed by atoms with van der Waals surface area (Å²) < 4.78 is 0. The number of carbonyl (C=O) groups is 4. The number of likely N-dealkylation sites (N-methyl/N-ethyl adjacent to an activating group) is 1. The van der Waals surface area contributed by atoms with Crippen LogP contribution in [0.2, 0.25) is 0 Å². The van der Waals surface area contributed by atoms with Crippen LogP contribution in [0, 0.1) is 5.41 Å². The lowest BCUT2D eigenvalue weighted by molar-refractivity contribution is -0.147. The van der Waals surface area contributed by atoms with Crippen LogP contribution in [0.1, 0.15) is 68.7 Å². The average Bonchev–Trinajstić information content (AvgIpc) is 3.40. The van der Waals surface area contributed by atoms with E-state index in [9.17, 15) is 19.2 Å². The van der Waals surface area contributed by atoms with E-state index in [1.165, 1.54) is 4.90 Å². The number of rotatable bonds is 6. The number of carbonyl (C=O) groups excluding carboxylic acids is 4. The summed E-state index contributed by atoms with van der Waals surface area (Å²) in [5.74, 6) is -0.522. The summed E-state index contributed by atoms with van der Waals surface area (Å²) in [5.41, 5.74) is 2.14. The van der Waals surface area contributed by atoms with Crippen molar-refractivity contribution in [3.8, 4) is 0 Å². The number of fused-ring (bicyclic) bond motifs is 1. The second kappa shape index (κ2) is 9.89. The lowest BCUT2D eigenvalue weighted by Crippen LogP contribution is -2.48. The summed E-state index contributed by atoms with van der Waals surface area (Å²) in [6, 6.07) is 14.8. The first-order valence-corrected chi connectivity index (χ1v) is 13.5. The fourth-order valence-corrected chi connectivity index (χ4v) is 6.32. The van der Waals surface area contributed by atoms with Crippen LogP contribution in [0.4, 0.5) is 10.5 Å². The number of hydrogen-bond acceptors (Lipinski definition) is 4. The van der Waals surface area contributed by atoms with Crippen LogP contribution in [0.5, 0.6) is 0 Å². The number of hydrogen-bond donors (Lipinski definition) is 2. The molecule has 2 atom stereocenters. The van der Waals surface area contributed by atoms with Gasteiger partial charge in [-0.15, -0.1) is 0 Å². The normalized spacial score (nSPS) is 22.7. The Morgan fingerprint density at radius 1 is 1.03 bits per heavy atom. The van der Waals surface area contributed by atoms with Crippen LogP contribution >= 0.6 is 0 Å². The molecule has 1 saturated carbocycles. The molecule has 3 aliphatic rings. The zero-order chi connectivity index (χ0) is 27.1. The molecular weight excluding hydrogens is 480 g/mol. The molecule has 200 valence electrons. The number of nitrogens with zero attached hydrogens (tertiary/aromatic N) is 2. The number of urea groups is 1. The largest absolute Gasteiger partial charge is 0.326 e. The second-order valence-corrected chi connectivity index (χ2v) is 11.4. The van der Waals surface area contributed by atoms with E-state index in [-0.39, 0.29) is 36.3 Å². The zero-order valence-corrected chi connectivity index (χ0v) is 22.4. The smallest absolute Gasteiger partial charge is 0.324 e. The molecule has 0 bridgehead atoms. The third kappa shape index (κ3) is 4.57. The van der Waals surface area contributed by atoms with E-state index in [4.69, 9.17) is 0 Å². The topological polar surface area (TPSA) is 98.8 Å². The highest BCUT2D eigenvalue weighted by Crippen LogP contribution is 2.40. The number of nitrogens with one attached hydrogen (secondary N) is 2. The lowest BCUT2D eigenvalue weighted by atomic mass is 9.74. The molecule has 38 heavy (non-hydrogen) atoms. The van der Waals surface area contributed by atoms with Crippen molar-refractivity contribution in [3.05, 3.63) is 65.2 Å². The maximum absolute atomic E-state index is 13.9. The molecule has 8 nitrogen and oxygen atoms in total. The Kier molecular flexibility index (Phi) is 6.75. The Morgan fingerprint density at radius 3 is 2.37 bits per heavy atom. The van der Waals surface area contributed by atoms with Crippen LogP contribution in [-0.2, 0) is 27.2 Å². The van der Waals surface area contributed by atoms with Gasteiger partial charge in [0.05, 0.1) is 6.04 Å². The molecule has 2 N–H and O–H groups in total. The zero-order valence-electron chi connectivity index (χ0n) is 22.4. The first kappa shape index (κ1) is 25.9. The number of benzene rings is 2. The van der Waals surface area contributed by atoms with Crippen molar-refractivity contribution in [3.63, 3.8) is 0 Å². The fraction of sp³-hybridized carbons (Fsp3) is 0.467. The molecule has 5 rings (SSSR count). The molecule has 2 aromatic carbocycles. The van der Waals surface area contributed by atoms with Gasteiger partial charge in [-0.05, 0) is 48.6 Å². The predicted molar refractivity (Wildman–Crippen MR) is 144 cm³/mol. The first-order valence-electron chi connectivity index (χ1n) is 13.5. The van der Waals surface area contributed by atoms with Crippen LogP contribution in [0.25, 0.3) is 0 Å². The summed E-state index contributed by atoms with van der Waals surface area (Å²) in [7, 11) is 1.64. The molecule has 0 unspecified atom stereocenters. The van der Waals surface area contributed by atoms with Crippen molar-refractivity contribution in [2.45, 2.75) is 70.4 Å². The van der Waals surface area contributed by atoms with Gasteiger partial charge in [0.15, 0.2) is 0 Å². The highest BCUT2D eigenvalue weighted by Gasteiger charge is 2.54. The predicted octanol–water partition coefficient (Wildman–Crippen LogP) is 4.20. The Bertz CT molecular complexity index is 1270. The minimum absolute atomic E-state index is 0.0274. The molecule has 1 saturated heterocycles. The molecule has 2 aromatic rings. The molecule has 5 amide bonds. The molecule has 0 aromatic heterocycles. The SMILES string of the molecule is C[C@H](c1ccccc1)N(CC(=O)Nc1ccc2c(c1)C[C@@]1(C2)C(=O)NC(=O)N1C)C(=O)C1(C)CCCCC1. The van der Waals surface area contributed by atoms with Gasteiger partial charge in [0, 0.05) is 31.0 Å². The number of amides is 5. The van der Waals surface area contributed by atoms with Gasteiger partial charge in [0.1, 0.15) is 12.1 Å².